The molecule has 1 atom stereocenters. The van der Waals surface area contributed by atoms with Gasteiger partial charge in [0.2, 0.25) is 0 Å². The zero-order chi connectivity index (χ0) is 11.5. The number of nitrogens with zero attached hydrogens (tertiary/aromatic N) is 3. The third kappa shape index (κ3) is 1.96. The second-order valence-corrected chi connectivity index (χ2v) is 4.43. The van der Waals surface area contributed by atoms with E-state index < -0.39 is 0 Å². The summed E-state index contributed by atoms with van der Waals surface area (Å²) in [7, 11) is 0. The van der Waals surface area contributed by atoms with Gasteiger partial charge in [-0.3, -0.25) is 4.68 Å². The number of nitrogens with one attached hydrogen (secondary N) is 1. The lowest BCUT2D eigenvalue weighted by Crippen LogP contribution is -2.32. The Hall–Kier alpha value is -1.34. The maximum Gasteiger partial charge on any atom is 0.0671 e. The molecule has 1 saturated heterocycles. The first-order valence-electron chi connectivity index (χ1n) is 5.86. The molecule has 2 rings (SSSR count). The Morgan fingerprint density at radius 1 is 1.56 bits per heavy atom. The van der Waals surface area contributed by atoms with Crippen molar-refractivity contribution in [2.45, 2.75) is 39.2 Å². The normalized spacial score (nSPS) is 20.7. The van der Waals surface area contributed by atoms with Crippen LogP contribution in [0.25, 0.3) is 0 Å². The van der Waals surface area contributed by atoms with Crippen LogP contribution in [-0.2, 0) is 6.42 Å². The number of hydrogen-bond acceptors (Lipinski definition) is 3. The fourth-order valence-corrected chi connectivity index (χ4v) is 2.43. The highest BCUT2D eigenvalue weighted by Gasteiger charge is 2.20. The van der Waals surface area contributed by atoms with Gasteiger partial charge in [-0.25, -0.2) is 0 Å². The predicted octanol–water partition coefficient (Wildman–Crippen LogP) is 1.49. The van der Waals surface area contributed by atoms with Gasteiger partial charge in [0.05, 0.1) is 24.2 Å². The van der Waals surface area contributed by atoms with E-state index in [0.717, 1.165) is 30.0 Å². The highest BCUT2D eigenvalue weighted by atomic mass is 15.3. The van der Waals surface area contributed by atoms with E-state index in [0.29, 0.717) is 12.5 Å². The second-order valence-electron chi connectivity index (χ2n) is 4.43. The Morgan fingerprint density at radius 2 is 2.38 bits per heavy atom. The number of rotatable bonds is 2. The van der Waals surface area contributed by atoms with E-state index in [-0.39, 0.29) is 0 Å². The summed E-state index contributed by atoms with van der Waals surface area (Å²) < 4.78 is 2.11. The topological polar surface area (TPSA) is 53.6 Å². The number of aryl methyl sites for hydroxylation is 1. The molecule has 0 spiro atoms. The van der Waals surface area contributed by atoms with Crippen LogP contribution in [0.15, 0.2) is 0 Å². The van der Waals surface area contributed by atoms with Crippen LogP contribution >= 0.6 is 0 Å². The molecular weight excluding hydrogens is 200 g/mol. The number of aromatic nitrogens is 2. The predicted molar refractivity (Wildman–Crippen MR) is 62.2 cm³/mol. The van der Waals surface area contributed by atoms with Crippen LogP contribution in [0.1, 0.15) is 35.8 Å². The van der Waals surface area contributed by atoms with Crippen LogP contribution in [0, 0.1) is 25.2 Å². The van der Waals surface area contributed by atoms with Gasteiger partial charge in [-0.1, -0.05) is 0 Å². The van der Waals surface area contributed by atoms with Crippen LogP contribution in [0.3, 0.4) is 0 Å². The molecule has 0 radical (unpaired) electrons. The lowest BCUT2D eigenvalue weighted by Gasteiger charge is -2.24. The highest BCUT2D eigenvalue weighted by molar-refractivity contribution is 5.27. The van der Waals surface area contributed by atoms with Gasteiger partial charge in [0, 0.05) is 17.8 Å². The minimum atomic E-state index is 0.458. The van der Waals surface area contributed by atoms with Crippen LogP contribution in [-0.4, -0.2) is 22.9 Å². The van der Waals surface area contributed by atoms with Crippen molar-refractivity contribution in [2.24, 2.45) is 0 Å². The summed E-state index contributed by atoms with van der Waals surface area (Å²) in [6.07, 6.45) is 2.86. The summed E-state index contributed by atoms with van der Waals surface area (Å²) in [6, 6.07) is 2.67. The molecule has 1 fully saturated rings. The molecule has 2 heterocycles. The Balaban J connectivity index is 2.27. The standard InChI is InChI=1S/C12H18N4/c1-9-12(5-6-13)10(2)16(15-9)11-4-3-7-14-8-11/h11,14H,3-5,7-8H2,1-2H3. The van der Waals surface area contributed by atoms with Crippen molar-refractivity contribution in [2.75, 3.05) is 13.1 Å². The first kappa shape index (κ1) is 11.2. The lowest BCUT2D eigenvalue weighted by atomic mass is 10.1. The molecule has 1 aromatic rings. The summed E-state index contributed by atoms with van der Waals surface area (Å²) in [6.45, 7) is 6.17. The quantitative estimate of drug-likeness (QED) is 0.818. The SMILES string of the molecule is Cc1nn(C2CCCNC2)c(C)c1CC#N. The van der Waals surface area contributed by atoms with Crippen molar-refractivity contribution in [3.05, 3.63) is 17.0 Å². The Morgan fingerprint density at radius 3 is 3.00 bits per heavy atom. The molecule has 0 aromatic carbocycles. The van der Waals surface area contributed by atoms with Gasteiger partial charge in [0.15, 0.2) is 0 Å². The van der Waals surface area contributed by atoms with E-state index in [1.165, 1.54) is 12.8 Å². The summed E-state index contributed by atoms with van der Waals surface area (Å²) >= 11 is 0. The molecule has 1 aromatic heterocycles. The first-order chi connectivity index (χ1) is 7.74. The highest BCUT2D eigenvalue weighted by Crippen LogP contribution is 2.22. The Bertz CT molecular complexity index is 407. The molecule has 0 saturated carbocycles. The molecule has 1 N–H and O–H groups in total. The summed E-state index contributed by atoms with van der Waals surface area (Å²) in [5.41, 5.74) is 3.27. The van der Waals surface area contributed by atoms with Crippen molar-refractivity contribution in [3.63, 3.8) is 0 Å². The van der Waals surface area contributed by atoms with Gasteiger partial charge < -0.3 is 5.32 Å². The van der Waals surface area contributed by atoms with E-state index in [1.54, 1.807) is 0 Å². The van der Waals surface area contributed by atoms with Gasteiger partial charge in [-0.05, 0) is 33.2 Å². The van der Waals surface area contributed by atoms with E-state index in [2.05, 4.69) is 28.1 Å². The minimum absolute atomic E-state index is 0.458. The molecule has 0 amide bonds. The minimum Gasteiger partial charge on any atom is -0.315 e. The number of piperidine rings is 1. The van der Waals surface area contributed by atoms with Crippen LogP contribution in [0.4, 0.5) is 0 Å². The Kier molecular flexibility index (Phi) is 3.25. The van der Waals surface area contributed by atoms with Gasteiger partial charge in [0.25, 0.3) is 0 Å². The summed E-state index contributed by atoms with van der Waals surface area (Å²) in [5.74, 6) is 0. The fourth-order valence-electron chi connectivity index (χ4n) is 2.43. The van der Waals surface area contributed by atoms with E-state index in [9.17, 15) is 0 Å². The average Bonchev–Trinajstić information content (AvgIpc) is 2.59. The fraction of sp³-hybridized carbons (Fsp3) is 0.667. The zero-order valence-corrected chi connectivity index (χ0v) is 9.95. The molecule has 1 unspecified atom stereocenters. The maximum absolute atomic E-state index is 8.79. The molecule has 0 bridgehead atoms. The van der Waals surface area contributed by atoms with Crippen molar-refractivity contribution >= 4 is 0 Å². The molecule has 1 aliphatic rings. The van der Waals surface area contributed by atoms with E-state index in [4.69, 9.17) is 5.26 Å². The second kappa shape index (κ2) is 4.67. The Labute approximate surface area is 96.3 Å². The molecule has 86 valence electrons. The average molecular weight is 218 g/mol. The third-order valence-electron chi connectivity index (χ3n) is 3.35. The van der Waals surface area contributed by atoms with Gasteiger partial charge >= 0.3 is 0 Å². The van der Waals surface area contributed by atoms with Crippen LogP contribution in [0.5, 0.6) is 0 Å². The monoisotopic (exact) mass is 218 g/mol. The van der Waals surface area contributed by atoms with Gasteiger partial charge in [-0.2, -0.15) is 10.4 Å². The van der Waals surface area contributed by atoms with Crippen molar-refractivity contribution in [1.29, 1.82) is 5.26 Å². The number of nitriles is 1. The van der Waals surface area contributed by atoms with Crippen molar-refractivity contribution in [1.82, 2.24) is 15.1 Å². The van der Waals surface area contributed by atoms with Crippen LogP contribution in [0.2, 0.25) is 0 Å². The number of hydrogen-bond donors (Lipinski definition) is 1. The van der Waals surface area contributed by atoms with E-state index in [1.807, 2.05) is 6.92 Å². The summed E-state index contributed by atoms with van der Waals surface area (Å²) in [5, 5.41) is 16.8. The molecule has 4 heteroatoms. The van der Waals surface area contributed by atoms with Crippen LogP contribution < -0.4 is 5.32 Å². The third-order valence-corrected chi connectivity index (χ3v) is 3.35. The molecule has 1 aliphatic heterocycles. The smallest absolute Gasteiger partial charge is 0.0671 e. The largest absolute Gasteiger partial charge is 0.315 e. The molecule has 4 nitrogen and oxygen atoms in total. The summed E-state index contributed by atoms with van der Waals surface area (Å²) in [4.78, 5) is 0. The molecular formula is C12H18N4. The molecule has 16 heavy (non-hydrogen) atoms. The van der Waals surface area contributed by atoms with Crippen molar-refractivity contribution < 1.29 is 0 Å². The van der Waals surface area contributed by atoms with Crippen molar-refractivity contribution in [3.8, 4) is 6.07 Å². The first-order valence-corrected chi connectivity index (χ1v) is 5.86. The van der Waals surface area contributed by atoms with Gasteiger partial charge in [-0.15, -0.1) is 0 Å². The lowest BCUT2D eigenvalue weighted by molar-refractivity contribution is 0.341. The van der Waals surface area contributed by atoms with E-state index >= 15 is 0 Å². The molecule has 0 aliphatic carbocycles. The van der Waals surface area contributed by atoms with Gasteiger partial charge in [0.1, 0.15) is 0 Å². The maximum atomic E-state index is 8.79. The zero-order valence-electron chi connectivity index (χ0n) is 9.95.